The molecule has 0 aliphatic carbocycles. The van der Waals surface area contributed by atoms with Gasteiger partial charge in [-0.25, -0.2) is 9.37 Å². The average Bonchev–Trinajstić information content (AvgIpc) is 2.76. The fourth-order valence-corrected chi connectivity index (χ4v) is 2.44. The van der Waals surface area contributed by atoms with Crippen LogP contribution in [-0.4, -0.2) is 9.55 Å². The molecule has 0 saturated carbocycles. The maximum Gasteiger partial charge on any atom is 0.146 e. The van der Waals surface area contributed by atoms with Gasteiger partial charge in [0.25, 0.3) is 0 Å². The van der Waals surface area contributed by atoms with Gasteiger partial charge in [-0.05, 0) is 29.8 Å². The quantitative estimate of drug-likeness (QED) is 0.690. The molecule has 0 amide bonds. The van der Waals surface area contributed by atoms with Crippen LogP contribution in [0, 0.1) is 5.82 Å². The molecular formula is C14H11ClFN3. The van der Waals surface area contributed by atoms with Gasteiger partial charge in [0.2, 0.25) is 0 Å². The van der Waals surface area contributed by atoms with Crippen molar-refractivity contribution in [3.63, 3.8) is 0 Å². The van der Waals surface area contributed by atoms with Crippen molar-refractivity contribution in [2.45, 2.75) is 0 Å². The second kappa shape index (κ2) is 4.24. The molecule has 3 nitrogen and oxygen atoms in total. The van der Waals surface area contributed by atoms with Crippen LogP contribution in [0.4, 0.5) is 10.1 Å². The first-order chi connectivity index (χ1) is 9.08. The second-order valence-corrected chi connectivity index (χ2v) is 4.78. The van der Waals surface area contributed by atoms with Gasteiger partial charge in [0, 0.05) is 30.4 Å². The molecule has 0 radical (unpaired) electrons. The number of aromatic nitrogens is 2. The number of fused-ring (bicyclic) bond motifs is 1. The summed E-state index contributed by atoms with van der Waals surface area (Å²) < 4.78 is 15.5. The van der Waals surface area contributed by atoms with Gasteiger partial charge in [-0.1, -0.05) is 11.6 Å². The van der Waals surface area contributed by atoms with Crippen molar-refractivity contribution in [1.82, 2.24) is 9.55 Å². The van der Waals surface area contributed by atoms with E-state index in [1.165, 1.54) is 12.1 Å². The summed E-state index contributed by atoms with van der Waals surface area (Å²) in [5, 5.41) is 1.35. The molecule has 0 unspecified atom stereocenters. The number of rotatable bonds is 1. The lowest BCUT2D eigenvalue weighted by Gasteiger charge is -2.08. The third-order valence-electron chi connectivity index (χ3n) is 3.14. The van der Waals surface area contributed by atoms with Crippen molar-refractivity contribution in [3.8, 4) is 11.1 Å². The van der Waals surface area contributed by atoms with E-state index in [0.717, 1.165) is 16.6 Å². The number of hydrogen-bond acceptors (Lipinski definition) is 2. The van der Waals surface area contributed by atoms with Gasteiger partial charge in [-0.15, -0.1) is 0 Å². The Morgan fingerprint density at radius 3 is 2.84 bits per heavy atom. The van der Waals surface area contributed by atoms with E-state index in [-0.39, 0.29) is 5.69 Å². The summed E-state index contributed by atoms with van der Waals surface area (Å²) in [5.41, 5.74) is 7.84. The summed E-state index contributed by atoms with van der Waals surface area (Å²) >= 11 is 6.17. The minimum absolute atomic E-state index is 0.0483. The Bertz CT molecular complexity index is 780. The molecule has 0 aliphatic rings. The first-order valence-corrected chi connectivity index (χ1v) is 6.10. The molecule has 3 aromatic rings. The van der Waals surface area contributed by atoms with Crippen molar-refractivity contribution >= 4 is 28.3 Å². The summed E-state index contributed by atoms with van der Waals surface area (Å²) in [7, 11) is 1.91. The number of nitrogens with zero attached hydrogens (tertiary/aromatic N) is 2. The zero-order chi connectivity index (χ0) is 13.6. The molecule has 19 heavy (non-hydrogen) atoms. The molecule has 0 spiro atoms. The average molecular weight is 276 g/mol. The largest absolute Gasteiger partial charge is 0.396 e. The molecule has 0 fully saturated rings. The lowest BCUT2D eigenvalue weighted by atomic mass is 10.0. The lowest BCUT2D eigenvalue weighted by molar-refractivity contribution is 0.633. The highest BCUT2D eigenvalue weighted by atomic mass is 35.5. The third-order valence-corrected chi connectivity index (χ3v) is 3.46. The van der Waals surface area contributed by atoms with Gasteiger partial charge in [0.05, 0.1) is 10.7 Å². The summed E-state index contributed by atoms with van der Waals surface area (Å²) in [5.74, 6) is -0.472. The van der Waals surface area contributed by atoms with Crippen LogP contribution in [0.5, 0.6) is 0 Å². The maximum atomic E-state index is 13.6. The first-order valence-electron chi connectivity index (χ1n) is 5.73. The molecule has 2 heterocycles. The number of benzene rings is 1. The highest BCUT2D eigenvalue weighted by Crippen LogP contribution is 2.35. The van der Waals surface area contributed by atoms with Crippen molar-refractivity contribution in [1.29, 1.82) is 0 Å². The van der Waals surface area contributed by atoms with Gasteiger partial charge >= 0.3 is 0 Å². The number of nitrogens with two attached hydrogens (primary N) is 1. The SMILES string of the molecule is Cn1ccc2c(-c3cc(F)c(N)cc3Cl)ccnc21. The lowest BCUT2D eigenvalue weighted by Crippen LogP contribution is -1.93. The van der Waals surface area contributed by atoms with Crippen LogP contribution >= 0.6 is 11.6 Å². The topological polar surface area (TPSA) is 43.8 Å². The Morgan fingerprint density at radius 2 is 2.05 bits per heavy atom. The number of hydrogen-bond donors (Lipinski definition) is 1. The molecule has 0 bridgehead atoms. The van der Waals surface area contributed by atoms with E-state index in [0.29, 0.717) is 10.6 Å². The summed E-state index contributed by atoms with van der Waals surface area (Å²) in [6, 6.07) is 6.54. The fraction of sp³-hybridized carbons (Fsp3) is 0.0714. The Balaban J connectivity index is 2.33. The van der Waals surface area contributed by atoms with Crippen LogP contribution in [0.3, 0.4) is 0 Å². The van der Waals surface area contributed by atoms with E-state index in [1.807, 2.05) is 29.9 Å². The monoisotopic (exact) mass is 275 g/mol. The smallest absolute Gasteiger partial charge is 0.146 e. The number of anilines is 1. The van der Waals surface area contributed by atoms with Gasteiger partial charge in [-0.2, -0.15) is 0 Å². The van der Waals surface area contributed by atoms with Crippen LogP contribution in [-0.2, 0) is 7.05 Å². The van der Waals surface area contributed by atoms with Crippen LogP contribution in [0.1, 0.15) is 0 Å². The van der Waals surface area contributed by atoms with E-state index < -0.39 is 5.82 Å². The molecule has 0 atom stereocenters. The number of nitrogen functional groups attached to an aromatic ring is 1. The normalized spacial score (nSPS) is 11.1. The number of pyridine rings is 1. The minimum Gasteiger partial charge on any atom is -0.396 e. The van der Waals surface area contributed by atoms with Crippen molar-refractivity contribution in [2.75, 3.05) is 5.73 Å². The van der Waals surface area contributed by atoms with Crippen LogP contribution in [0.15, 0.2) is 36.7 Å². The molecular weight excluding hydrogens is 265 g/mol. The van der Waals surface area contributed by atoms with E-state index in [1.54, 1.807) is 6.20 Å². The van der Waals surface area contributed by atoms with Gasteiger partial charge < -0.3 is 10.3 Å². The summed E-state index contributed by atoms with van der Waals surface area (Å²) in [4.78, 5) is 4.30. The Kier molecular flexibility index (Phi) is 2.68. The second-order valence-electron chi connectivity index (χ2n) is 4.38. The molecule has 0 aliphatic heterocycles. The number of aryl methyl sites for hydroxylation is 1. The zero-order valence-corrected chi connectivity index (χ0v) is 10.9. The van der Waals surface area contributed by atoms with Gasteiger partial charge in [0.1, 0.15) is 11.5 Å². The predicted octanol–water partition coefficient (Wildman–Crippen LogP) is 3.62. The standard InChI is InChI=1S/C14H11ClFN3/c1-19-5-3-9-8(2-4-18-14(9)19)10-6-12(16)13(17)7-11(10)15/h2-7H,17H2,1H3. The minimum atomic E-state index is -0.472. The zero-order valence-electron chi connectivity index (χ0n) is 10.2. The van der Waals surface area contributed by atoms with Crippen LogP contribution in [0.2, 0.25) is 5.02 Å². The highest BCUT2D eigenvalue weighted by molar-refractivity contribution is 6.34. The molecule has 96 valence electrons. The first kappa shape index (κ1) is 12.0. The predicted molar refractivity (Wildman–Crippen MR) is 75.5 cm³/mol. The van der Waals surface area contributed by atoms with Crippen molar-refractivity contribution < 1.29 is 4.39 Å². The van der Waals surface area contributed by atoms with Gasteiger partial charge in [0.15, 0.2) is 0 Å². The Labute approximate surface area is 114 Å². The van der Waals surface area contributed by atoms with Crippen molar-refractivity contribution in [3.05, 3.63) is 47.5 Å². The summed E-state index contributed by atoms with van der Waals surface area (Å²) in [6.07, 6.45) is 3.59. The number of halogens is 2. The molecule has 2 aromatic heterocycles. The molecule has 2 N–H and O–H groups in total. The molecule has 1 aromatic carbocycles. The van der Waals surface area contributed by atoms with Gasteiger partial charge in [-0.3, -0.25) is 0 Å². The van der Waals surface area contributed by atoms with E-state index in [4.69, 9.17) is 17.3 Å². The maximum absolute atomic E-state index is 13.6. The van der Waals surface area contributed by atoms with Crippen LogP contribution < -0.4 is 5.73 Å². The Hall–Kier alpha value is -2.07. The fourth-order valence-electron chi connectivity index (χ4n) is 2.17. The molecule has 3 rings (SSSR count). The molecule has 5 heteroatoms. The van der Waals surface area contributed by atoms with E-state index in [2.05, 4.69) is 4.98 Å². The van der Waals surface area contributed by atoms with E-state index >= 15 is 0 Å². The highest BCUT2D eigenvalue weighted by Gasteiger charge is 2.12. The van der Waals surface area contributed by atoms with Crippen molar-refractivity contribution in [2.24, 2.45) is 7.05 Å². The summed E-state index contributed by atoms with van der Waals surface area (Å²) in [6.45, 7) is 0. The molecule has 0 saturated heterocycles. The third kappa shape index (κ3) is 1.85. The Morgan fingerprint density at radius 1 is 1.26 bits per heavy atom. The van der Waals surface area contributed by atoms with Crippen LogP contribution in [0.25, 0.3) is 22.2 Å². The van der Waals surface area contributed by atoms with E-state index in [9.17, 15) is 4.39 Å².